The van der Waals surface area contributed by atoms with Crippen molar-refractivity contribution in [2.45, 2.75) is 26.2 Å². The van der Waals surface area contributed by atoms with Gasteiger partial charge in [-0.2, -0.15) is 0 Å². The van der Waals surface area contributed by atoms with Crippen LogP contribution < -0.4 is 4.74 Å². The summed E-state index contributed by atoms with van der Waals surface area (Å²) in [5, 5.41) is 0. The maximum Gasteiger partial charge on any atom is 0.162 e. The minimum absolute atomic E-state index is 0.177. The van der Waals surface area contributed by atoms with Gasteiger partial charge in [0.25, 0.3) is 0 Å². The fourth-order valence-electron chi connectivity index (χ4n) is 2.02. The molecule has 17 heavy (non-hydrogen) atoms. The third-order valence-electron chi connectivity index (χ3n) is 3.11. The molecule has 2 rings (SSSR count). The Morgan fingerprint density at radius 3 is 2.47 bits per heavy atom. The lowest BCUT2D eigenvalue weighted by molar-refractivity contribution is 0.0988. The second kappa shape index (κ2) is 5.82. The van der Waals surface area contributed by atoms with Crippen LogP contribution in [0.4, 0.5) is 0 Å². The van der Waals surface area contributed by atoms with E-state index in [9.17, 15) is 4.79 Å². The van der Waals surface area contributed by atoms with Gasteiger partial charge in [-0.25, -0.2) is 0 Å². The van der Waals surface area contributed by atoms with Crippen molar-refractivity contribution in [3.05, 3.63) is 29.8 Å². The van der Waals surface area contributed by atoms with Crippen LogP contribution in [-0.2, 0) is 0 Å². The van der Waals surface area contributed by atoms with Gasteiger partial charge in [-0.1, -0.05) is 6.92 Å². The van der Waals surface area contributed by atoms with Crippen LogP contribution in [0.25, 0.3) is 0 Å². The van der Waals surface area contributed by atoms with E-state index in [1.54, 1.807) is 0 Å². The number of ketones is 1. The third kappa shape index (κ3) is 3.30. The Morgan fingerprint density at radius 2 is 1.88 bits per heavy atom. The van der Waals surface area contributed by atoms with E-state index in [0.29, 0.717) is 13.2 Å². The highest BCUT2D eigenvalue weighted by molar-refractivity contribution is 5.95. The van der Waals surface area contributed by atoms with Crippen molar-refractivity contribution in [2.24, 2.45) is 0 Å². The maximum absolute atomic E-state index is 11.4. The number of nitrogens with zero attached hydrogens (tertiary/aromatic N) is 1. The Bertz CT molecular complexity index is 366. The molecule has 1 aliphatic rings. The van der Waals surface area contributed by atoms with Crippen LogP contribution in [-0.4, -0.2) is 30.5 Å². The van der Waals surface area contributed by atoms with Crippen molar-refractivity contribution >= 4 is 5.78 Å². The predicted molar refractivity (Wildman–Crippen MR) is 67.4 cm³/mol. The number of benzene rings is 1. The summed E-state index contributed by atoms with van der Waals surface area (Å²) in [6, 6.07) is 7.42. The number of Topliss-reactive ketones (excluding diaryl/α,β-unsaturated/α-hetero) is 1. The molecule has 1 aromatic carbocycles. The normalized spacial score (nSPS) is 16.1. The average Bonchev–Trinajstić information content (AvgIpc) is 2.89. The van der Waals surface area contributed by atoms with Gasteiger partial charge in [-0.05, 0) is 37.1 Å². The van der Waals surface area contributed by atoms with E-state index in [0.717, 1.165) is 24.4 Å². The molecule has 0 amide bonds. The zero-order valence-corrected chi connectivity index (χ0v) is 10.3. The van der Waals surface area contributed by atoms with Crippen molar-refractivity contribution in [2.75, 3.05) is 19.8 Å². The fraction of sp³-hybridized carbons (Fsp3) is 0.500. The number of hydrogen-bond acceptors (Lipinski definition) is 3. The van der Waals surface area contributed by atoms with Crippen LogP contribution in [0.15, 0.2) is 24.3 Å². The molecule has 3 heteroatoms. The molecule has 0 N–H and O–H groups in total. The molecular formula is C14H19NO2. The molecule has 0 bridgehead atoms. The third-order valence-corrected chi connectivity index (χ3v) is 3.11. The van der Waals surface area contributed by atoms with Gasteiger partial charge >= 0.3 is 0 Å². The van der Waals surface area contributed by atoms with Crippen molar-refractivity contribution in [3.8, 4) is 5.75 Å². The minimum atomic E-state index is 0.177. The number of likely N-dealkylation sites (tertiary alicyclic amines) is 1. The second-order valence-electron chi connectivity index (χ2n) is 4.40. The van der Waals surface area contributed by atoms with Crippen molar-refractivity contribution in [1.29, 1.82) is 0 Å². The first-order valence-corrected chi connectivity index (χ1v) is 6.28. The molecule has 1 saturated heterocycles. The average molecular weight is 233 g/mol. The molecule has 0 spiro atoms. The summed E-state index contributed by atoms with van der Waals surface area (Å²) in [5.74, 6) is 1.01. The van der Waals surface area contributed by atoms with Gasteiger partial charge in [-0.15, -0.1) is 0 Å². The van der Waals surface area contributed by atoms with Crippen LogP contribution in [0.1, 0.15) is 36.5 Å². The van der Waals surface area contributed by atoms with E-state index >= 15 is 0 Å². The number of carbonyl (C=O) groups excluding carboxylic acids is 1. The molecule has 0 atom stereocenters. The number of rotatable bonds is 5. The van der Waals surface area contributed by atoms with Crippen molar-refractivity contribution in [1.82, 2.24) is 4.90 Å². The van der Waals surface area contributed by atoms with Gasteiger partial charge in [0.05, 0.1) is 0 Å². The van der Waals surface area contributed by atoms with Crippen LogP contribution in [0.2, 0.25) is 0 Å². The van der Waals surface area contributed by atoms with E-state index in [1.807, 2.05) is 31.2 Å². The first-order chi connectivity index (χ1) is 8.29. The summed E-state index contributed by atoms with van der Waals surface area (Å²) in [6.45, 7) is 4.79. The van der Waals surface area contributed by atoms with Gasteiger partial charge < -0.3 is 4.74 Å². The first-order valence-electron chi connectivity index (χ1n) is 6.28. The summed E-state index contributed by atoms with van der Waals surface area (Å²) in [7, 11) is 0. The Hall–Kier alpha value is -1.35. The molecule has 92 valence electrons. The van der Waals surface area contributed by atoms with E-state index in [-0.39, 0.29) is 5.78 Å². The topological polar surface area (TPSA) is 29.5 Å². The minimum Gasteiger partial charge on any atom is -0.478 e. The van der Waals surface area contributed by atoms with Gasteiger partial charge in [0.15, 0.2) is 5.78 Å². The number of ether oxygens (including phenoxy) is 1. The molecule has 0 aliphatic carbocycles. The van der Waals surface area contributed by atoms with Gasteiger partial charge in [0.2, 0.25) is 0 Å². The van der Waals surface area contributed by atoms with Crippen LogP contribution in [0.3, 0.4) is 0 Å². The highest BCUT2D eigenvalue weighted by Crippen LogP contribution is 2.15. The van der Waals surface area contributed by atoms with E-state index in [2.05, 4.69) is 4.90 Å². The molecule has 1 aromatic rings. The summed E-state index contributed by atoms with van der Waals surface area (Å²) in [6.07, 6.45) is 3.09. The van der Waals surface area contributed by atoms with E-state index in [1.165, 1.54) is 12.8 Å². The van der Waals surface area contributed by atoms with Crippen LogP contribution in [0.5, 0.6) is 5.75 Å². The zero-order chi connectivity index (χ0) is 12.1. The highest BCUT2D eigenvalue weighted by Gasteiger charge is 2.11. The summed E-state index contributed by atoms with van der Waals surface area (Å²) >= 11 is 0. The lowest BCUT2D eigenvalue weighted by Gasteiger charge is -2.15. The lowest BCUT2D eigenvalue weighted by atomic mass is 10.1. The quantitative estimate of drug-likeness (QED) is 0.732. The molecule has 1 heterocycles. The molecule has 0 saturated carbocycles. The summed E-state index contributed by atoms with van der Waals surface area (Å²) < 4.78 is 5.67. The monoisotopic (exact) mass is 233 g/mol. The smallest absolute Gasteiger partial charge is 0.162 e. The summed E-state index contributed by atoms with van der Waals surface area (Å²) in [5.41, 5.74) is 0.765. The Morgan fingerprint density at radius 1 is 1.24 bits per heavy atom. The van der Waals surface area contributed by atoms with Crippen LogP contribution >= 0.6 is 0 Å². The van der Waals surface area contributed by atoms with Gasteiger partial charge in [0, 0.05) is 25.1 Å². The highest BCUT2D eigenvalue weighted by atomic mass is 16.5. The predicted octanol–water partition coefficient (Wildman–Crippen LogP) is 2.71. The number of hydrogen-bond donors (Lipinski definition) is 0. The zero-order valence-electron chi connectivity index (χ0n) is 10.3. The molecule has 0 radical (unpaired) electrons. The number of carbonyl (C=O) groups is 1. The SMILES string of the molecule is CCC(=O)c1ccc(OCN2CCCC2)cc1. The first kappa shape index (κ1) is 12.1. The second-order valence-corrected chi connectivity index (χ2v) is 4.40. The van der Waals surface area contributed by atoms with Crippen molar-refractivity contribution in [3.63, 3.8) is 0 Å². The maximum atomic E-state index is 11.4. The Balaban J connectivity index is 1.87. The Kier molecular flexibility index (Phi) is 4.15. The molecule has 1 fully saturated rings. The van der Waals surface area contributed by atoms with E-state index in [4.69, 9.17) is 4.74 Å². The Labute approximate surface area is 102 Å². The van der Waals surface area contributed by atoms with Crippen LogP contribution in [0, 0.1) is 0 Å². The fourth-order valence-corrected chi connectivity index (χ4v) is 2.02. The molecular weight excluding hydrogens is 214 g/mol. The molecule has 3 nitrogen and oxygen atoms in total. The molecule has 0 unspecified atom stereocenters. The molecule has 0 aromatic heterocycles. The van der Waals surface area contributed by atoms with Gasteiger partial charge in [0.1, 0.15) is 12.5 Å². The van der Waals surface area contributed by atoms with Gasteiger partial charge in [-0.3, -0.25) is 9.69 Å². The largest absolute Gasteiger partial charge is 0.478 e. The summed E-state index contributed by atoms with van der Waals surface area (Å²) in [4.78, 5) is 13.7. The lowest BCUT2D eigenvalue weighted by Crippen LogP contribution is -2.24. The van der Waals surface area contributed by atoms with Crippen molar-refractivity contribution < 1.29 is 9.53 Å². The standard InChI is InChI=1S/C14H19NO2/c1-2-14(16)12-5-7-13(8-6-12)17-11-15-9-3-4-10-15/h5-8H,2-4,9-11H2,1H3. The molecule has 1 aliphatic heterocycles. The van der Waals surface area contributed by atoms with E-state index < -0.39 is 0 Å².